The SMILES string of the molecule is CCOC(=O)CCN(C)S(=O)(=O)c1ccc(N)cc1Cl. The van der Waals surface area contributed by atoms with Crippen molar-refractivity contribution in [1.29, 1.82) is 0 Å². The van der Waals surface area contributed by atoms with Crippen LogP contribution in [0.3, 0.4) is 0 Å². The fraction of sp³-hybridized carbons (Fsp3) is 0.417. The van der Waals surface area contributed by atoms with Crippen LogP contribution in [0.4, 0.5) is 5.69 Å². The molecule has 0 unspecified atom stereocenters. The van der Waals surface area contributed by atoms with Crippen LogP contribution in [0.1, 0.15) is 13.3 Å². The second-order valence-electron chi connectivity index (χ2n) is 4.07. The van der Waals surface area contributed by atoms with Crippen LogP contribution in [-0.4, -0.2) is 38.9 Å². The number of anilines is 1. The van der Waals surface area contributed by atoms with Gasteiger partial charge in [0.2, 0.25) is 10.0 Å². The number of carbonyl (C=O) groups is 1. The molecule has 0 bridgehead atoms. The first kappa shape index (κ1) is 16.7. The van der Waals surface area contributed by atoms with Gasteiger partial charge in [-0.2, -0.15) is 0 Å². The lowest BCUT2D eigenvalue weighted by molar-refractivity contribution is -0.143. The molecule has 1 aromatic rings. The lowest BCUT2D eigenvalue weighted by Gasteiger charge is -2.17. The highest BCUT2D eigenvalue weighted by Crippen LogP contribution is 2.26. The third-order valence-corrected chi connectivity index (χ3v) is 4.92. The maximum absolute atomic E-state index is 12.3. The van der Waals surface area contributed by atoms with Crippen molar-refractivity contribution in [2.45, 2.75) is 18.2 Å². The van der Waals surface area contributed by atoms with Crippen LogP contribution in [0.2, 0.25) is 5.02 Å². The average Bonchev–Trinajstić information content (AvgIpc) is 2.35. The Hall–Kier alpha value is -1.31. The van der Waals surface area contributed by atoms with E-state index in [1.165, 1.54) is 25.2 Å². The summed E-state index contributed by atoms with van der Waals surface area (Å²) in [6.07, 6.45) is -0.0177. The molecule has 1 rings (SSSR count). The van der Waals surface area contributed by atoms with Crippen molar-refractivity contribution in [3.63, 3.8) is 0 Å². The summed E-state index contributed by atoms with van der Waals surface area (Å²) < 4.78 is 30.4. The first-order valence-electron chi connectivity index (χ1n) is 5.96. The van der Waals surface area contributed by atoms with E-state index in [1.54, 1.807) is 6.92 Å². The fourth-order valence-electron chi connectivity index (χ4n) is 1.50. The van der Waals surface area contributed by atoms with Crippen molar-refractivity contribution < 1.29 is 17.9 Å². The Labute approximate surface area is 123 Å². The molecule has 0 aliphatic rings. The summed E-state index contributed by atoms with van der Waals surface area (Å²) in [6.45, 7) is 1.97. The number of halogens is 1. The quantitative estimate of drug-likeness (QED) is 0.633. The molecule has 8 heteroatoms. The van der Waals surface area contributed by atoms with Gasteiger partial charge in [0.15, 0.2) is 0 Å². The first-order valence-corrected chi connectivity index (χ1v) is 7.77. The number of nitrogens with zero attached hydrogens (tertiary/aromatic N) is 1. The van der Waals surface area contributed by atoms with E-state index in [4.69, 9.17) is 22.1 Å². The zero-order valence-electron chi connectivity index (χ0n) is 11.3. The number of ether oxygens (including phenoxy) is 1. The van der Waals surface area contributed by atoms with E-state index in [0.717, 1.165) is 4.31 Å². The predicted octanol–water partition coefficient (Wildman–Crippen LogP) is 1.50. The minimum absolute atomic E-state index is 0.0157. The van der Waals surface area contributed by atoms with Gasteiger partial charge in [-0.25, -0.2) is 12.7 Å². The highest BCUT2D eigenvalue weighted by atomic mass is 35.5. The number of benzene rings is 1. The molecule has 0 amide bonds. The molecule has 0 aliphatic heterocycles. The topological polar surface area (TPSA) is 89.7 Å². The highest BCUT2D eigenvalue weighted by Gasteiger charge is 2.24. The van der Waals surface area contributed by atoms with Gasteiger partial charge in [0, 0.05) is 19.3 Å². The van der Waals surface area contributed by atoms with E-state index < -0.39 is 16.0 Å². The molecule has 1 aromatic carbocycles. The molecule has 0 saturated heterocycles. The van der Waals surface area contributed by atoms with Gasteiger partial charge in [0.1, 0.15) is 4.90 Å². The summed E-state index contributed by atoms with van der Waals surface area (Å²) in [5.41, 5.74) is 5.90. The normalized spacial score (nSPS) is 11.6. The number of nitrogens with two attached hydrogens (primary N) is 1. The fourth-order valence-corrected chi connectivity index (χ4v) is 3.19. The van der Waals surface area contributed by atoms with Crippen molar-refractivity contribution in [1.82, 2.24) is 4.31 Å². The lowest BCUT2D eigenvalue weighted by Crippen LogP contribution is -2.29. The van der Waals surface area contributed by atoms with E-state index >= 15 is 0 Å². The van der Waals surface area contributed by atoms with E-state index in [2.05, 4.69) is 0 Å². The van der Waals surface area contributed by atoms with Gasteiger partial charge in [0.05, 0.1) is 18.1 Å². The van der Waals surface area contributed by atoms with Gasteiger partial charge in [-0.1, -0.05) is 11.6 Å². The Kier molecular flexibility index (Phi) is 5.79. The summed E-state index contributed by atoms with van der Waals surface area (Å²) in [6, 6.07) is 4.17. The Balaban J connectivity index is 2.85. The van der Waals surface area contributed by atoms with E-state index in [-0.39, 0.29) is 29.5 Å². The number of sulfonamides is 1. The number of rotatable bonds is 6. The highest BCUT2D eigenvalue weighted by molar-refractivity contribution is 7.89. The van der Waals surface area contributed by atoms with Crippen molar-refractivity contribution in [2.24, 2.45) is 0 Å². The zero-order valence-corrected chi connectivity index (χ0v) is 12.9. The van der Waals surface area contributed by atoms with Crippen LogP contribution in [0, 0.1) is 0 Å². The average molecular weight is 321 g/mol. The molecule has 112 valence electrons. The number of carbonyl (C=O) groups excluding carboxylic acids is 1. The third-order valence-electron chi connectivity index (χ3n) is 2.58. The largest absolute Gasteiger partial charge is 0.466 e. The molecule has 0 heterocycles. The zero-order chi connectivity index (χ0) is 15.3. The monoisotopic (exact) mass is 320 g/mol. The van der Waals surface area contributed by atoms with Gasteiger partial charge in [-0.3, -0.25) is 4.79 Å². The van der Waals surface area contributed by atoms with Crippen LogP contribution in [-0.2, 0) is 19.6 Å². The molecule has 0 saturated carbocycles. The maximum atomic E-state index is 12.3. The summed E-state index contributed by atoms with van der Waals surface area (Å²) in [5.74, 6) is -0.446. The number of esters is 1. The van der Waals surface area contributed by atoms with Crippen molar-refractivity contribution in [3.8, 4) is 0 Å². The van der Waals surface area contributed by atoms with Crippen LogP contribution in [0.15, 0.2) is 23.1 Å². The van der Waals surface area contributed by atoms with Gasteiger partial charge in [-0.15, -0.1) is 0 Å². The number of hydrogen-bond acceptors (Lipinski definition) is 5. The van der Waals surface area contributed by atoms with Crippen LogP contribution < -0.4 is 5.73 Å². The van der Waals surface area contributed by atoms with Crippen LogP contribution in [0.5, 0.6) is 0 Å². The minimum atomic E-state index is -3.76. The molecule has 2 N–H and O–H groups in total. The molecule has 0 radical (unpaired) electrons. The van der Waals surface area contributed by atoms with Gasteiger partial charge < -0.3 is 10.5 Å². The van der Waals surface area contributed by atoms with E-state index in [0.29, 0.717) is 5.69 Å². The van der Waals surface area contributed by atoms with E-state index in [9.17, 15) is 13.2 Å². The second kappa shape index (κ2) is 6.92. The van der Waals surface area contributed by atoms with Crippen LogP contribution in [0.25, 0.3) is 0 Å². The van der Waals surface area contributed by atoms with Gasteiger partial charge >= 0.3 is 5.97 Å². The molecule has 0 atom stereocenters. The molecule has 0 aliphatic carbocycles. The number of hydrogen-bond donors (Lipinski definition) is 1. The Bertz CT molecular complexity index is 589. The summed E-state index contributed by atoms with van der Waals surface area (Å²) >= 11 is 5.89. The summed E-state index contributed by atoms with van der Waals surface area (Å²) in [7, 11) is -2.38. The molecule has 0 spiro atoms. The number of nitrogen functional groups attached to an aromatic ring is 1. The molecular weight excluding hydrogens is 304 g/mol. The summed E-state index contributed by atoms with van der Waals surface area (Å²) in [4.78, 5) is 11.2. The van der Waals surface area contributed by atoms with Gasteiger partial charge in [0.25, 0.3) is 0 Å². The lowest BCUT2D eigenvalue weighted by atomic mass is 10.3. The smallest absolute Gasteiger partial charge is 0.307 e. The Morgan fingerprint density at radius 2 is 2.10 bits per heavy atom. The standard InChI is InChI=1S/C12H17ClN2O4S/c1-3-19-12(16)6-7-15(2)20(17,18)11-5-4-9(14)8-10(11)13/h4-5,8H,3,6-7,14H2,1-2H3. The molecule has 0 aromatic heterocycles. The van der Waals surface area contributed by atoms with Crippen molar-refractivity contribution in [2.75, 3.05) is 25.9 Å². The Morgan fingerprint density at radius 1 is 1.45 bits per heavy atom. The van der Waals surface area contributed by atoms with Crippen molar-refractivity contribution in [3.05, 3.63) is 23.2 Å². The minimum Gasteiger partial charge on any atom is -0.466 e. The molecule has 20 heavy (non-hydrogen) atoms. The Morgan fingerprint density at radius 3 is 2.65 bits per heavy atom. The van der Waals surface area contributed by atoms with Crippen LogP contribution >= 0.6 is 11.6 Å². The second-order valence-corrected chi connectivity index (χ2v) is 6.49. The molecular formula is C12H17ClN2O4S. The predicted molar refractivity (Wildman–Crippen MR) is 76.9 cm³/mol. The summed E-state index contributed by atoms with van der Waals surface area (Å²) in [5, 5.41) is 0.0491. The third kappa shape index (κ3) is 4.09. The maximum Gasteiger partial charge on any atom is 0.307 e. The first-order chi connectivity index (χ1) is 9.28. The van der Waals surface area contributed by atoms with Gasteiger partial charge in [-0.05, 0) is 25.1 Å². The van der Waals surface area contributed by atoms with E-state index in [1.807, 2.05) is 0 Å². The van der Waals surface area contributed by atoms with Crippen molar-refractivity contribution >= 4 is 33.3 Å². The molecule has 6 nitrogen and oxygen atoms in total. The molecule has 0 fully saturated rings.